The van der Waals surface area contributed by atoms with Gasteiger partial charge in [-0.1, -0.05) is 6.07 Å². The van der Waals surface area contributed by atoms with Gasteiger partial charge in [0, 0.05) is 17.5 Å². The maximum absolute atomic E-state index is 6.44. The third-order valence-electron chi connectivity index (χ3n) is 3.83. The Kier molecular flexibility index (Phi) is 1.84. The Morgan fingerprint density at radius 3 is 2.80 bits per heavy atom. The van der Waals surface area contributed by atoms with Crippen LogP contribution in [0.1, 0.15) is 36.0 Å². The summed E-state index contributed by atoms with van der Waals surface area (Å²) in [4.78, 5) is 0. The van der Waals surface area contributed by atoms with Crippen molar-refractivity contribution >= 4 is 0 Å². The third-order valence-corrected chi connectivity index (χ3v) is 3.83. The van der Waals surface area contributed by atoms with E-state index in [4.69, 9.17) is 10.5 Å². The fourth-order valence-electron chi connectivity index (χ4n) is 2.89. The average molecular weight is 203 g/mol. The molecule has 0 spiro atoms. The highest BCUT2D eigenvalue weighted by atomic mass is 16.5. The standard InChI is InChI=1S/C13H17NO/c1-9-3-4-11-10(5-8-15-11)12(9)13(14)6-2-7-13/h3-4H,2,5-8,14H2,1H3. The topological polar surface area (TPSA) is 35.2 Å². The van der Waals surface area contributed by atoms with Crippen molar-refractivity contribution in [2.45, 2.75) is 38.1 Å². The zero-order valence-electron chi connectivity index (χ0n) is 9.18. The number of hydrogen-bond donors (Lipinski definition) is 1. The van der Waals surface area contributed by atoms with Gasteiger partial charge in [0.2, 0.25) is 0 Å². The van der Waals surface area contributed by atoms with E-state index in [0.29, 0.717) is 0 Å². The van der Waals surface area contributed by atoms with Crippen LogP contribution < -0.4 is 10.5 Å². The lowest BCUT2D eigenvalue weighted by Crippen LogP contribution is -2.44. The largest absolute Gasteiger partial charge is 0.493 e. The minimum atomic E-state index is -0.0525. The van der Waals surface area contributed by atoms with Crippen LogP contribution in [0.4, 0.5) is 0 Å². The summed E-state index contributed by atoms with van der Waals surface area (Å²) in [6.07, 6.45) is 4.56. The van der Waals surface area contributed by atoms with Crippen LogP contribution in [0.5, 0.6) is 5.75 Å². The van der Waals surface area contributed by atoms with Gasteiger partial charge in [-0.15, -0.1) is 0 Å². The van der Waals surface area contributed by atoms with E-state index in [1.807, 2.05) is 0 Å². The molecular formula is C13H17NO. The molecule has 0 bridgehead atoms. The summed E-state index contributed by atoms with van der Waals surface area (Å²) >= 11 is 0. The molecule has 0 unspecified atom stereocenters. The van der Waals surface area contributed by atoms with Crippen LogP contribution in [0.15, 0.2) is 12.1 Å². The van der Waals surface area contributed by atoms with Crippen molar-refractivity contribution < 1.29 is 4.74 Å². The minimum Gasteiger partial charge on any atom is -0.493 e. The highest BCUT2D eigenvalue weighted by Gasteiger charge is 2.38. The van der Waals surface area contributed by atoms with Gasteiger partial charge in [-0.3, -0.25) is 0 Å². The van der Waals surface area contributed by atoms with Crippen molar-refractivity contribution in [1.29, 1.82) is 0 Å². The van der Waals surface area contributed by atoms with Crippen LogP contribution in [0.2, 0.25) is 0 Å². The predicted octanol–water partition coefficient (Wildman–Crippen LogP) is 2.27. The minimum absolute atomic E-state index is 0.0525. The maximum atomic E-state index is 6.44. The van der Waals surface area contributed by atoms with E-state index < -0.39 is 0 Å². The fraction of sp³-hybridized carbons (Fsp3) is 0.538. The normalized spacial score (nSPS) is 21.7. The first-order valence-corrected chi connectivity index (χ1v) is 5.75. The summed E-state index contributed by atoms with van der Waals surface area (Å²) in [5, 5.41) is 0. The Morgan fingerprint density at radius 1 is 1.33 bits per heavy atom. The lowest BCUT2D eigenvalue weighted by atomic mass is 9.69. The van der Waals surface area contributed by atoms with E-state index in [0.717, 1.165) is 31.6 Å². The molecule has 0 saturated heterocycles. The molecule has 0 amide bonds. The van der Waals surface area contributed by atoms with E-state index in [2.05, 4.69) is 19.1 Å². The first-order valence-electron chi connectivity index (χ1n) is 5.75. The summed E-state index contributed by atoms with van der Waals surface area (Å²) in [7, 11) is 0. The SMILES string of the molecule is Cc1ccc2c(c1C1(N)CCC1)CCO2. The lowest BCUT2D eigenvalue weighted by Gasteiger charge is -2.40. The van der Waals surface area contributed by atoms with Crippen molar-refractivity contribution in [3.8, 4) is 5.75 Å². The van der Waals surface area contributed by atoms with Crippen molar-refractivity contribution in [3.63, 3.8) is 0 Å². The Hall–Kier alpha value is -1.02. The van der Waals surface area contributed by atoms with Crippen LogP contribution in [0, 0.1) is 6.92 Å². The summed E-state index contributed by atoms with van der Waals surface area (Å²) in [6, 6.07) is 4.23. The molecular weight excluding hydrogens is 186 g/mol. The van der Waals surface area contributed by atoms with E-state index in [1.54, 1.807) is 0 Å². The van der Waals surface area contributed by atoms with Gasteiger partial charge in [-0.05, 0) is 43.4 Å². The Bertz CT molecular complexity index is 407. The summed E-state index contributed by atoms with van der Waals surface area (Å²) < 4.78 is 5.60. The van der Waals surface area contributed by atoms with E-state index >= 15 is 0 Å². The zero-order chi connectivity index (χ0) is 10.5. The molecule has 80 valence electrons. The number of ether oxygens (including phenoxy) is 1. The van der Waals surface area contributed by atoms with Crippen LogP contribution in [-0.4, -0.2) is 6.61 Å². The summed E-state index contributed by atoms with van der Waals surface area (Å²) in [5.74, 6) is 1.06. The molecule has 3 rings (SSSR count). The van der Waals surface area contributed by atoms with Crippen LogP contribution >= 0.6 is 0 Å². The molecule has 1 fully saturated rings. The molecule has 2 nitrogen and oxygen atoms in total. The Morgan fingerprint density at radius 2 is 2.13 bits per heavy atom. The molecule has 2 heteroatoms. The second kappa shape index (κ2) is 2.99. The number of benzene rings is 1. The average Bonchev–Trinajstić information content (AvgIpc) is 2.62. The predicted molar refractivity (Wildman–Crippen MR) is 60.1 cm³/mol. The van der Waals surface area contributed by atoms with Gasteiger partial charge in [0.25, 0.3) is 0 Å². The smallest absolute Gasteiger partial charge is 0.122 e. The van der Waals surface area contributed by atoms with Gasteiger partial charge in [-0.2, -0.15) is 0 Å². The zero-order valence-corrected chi connectivity index (χ0v) is 9.18. The van der Waals surface area contributed by atoms with Crippen LogP contribution in [0.25, 0.3) is 0 Å². The van der Waals surface area contributed by atoms with Gasteiger partial charge in [0.05, 0.1) is 6.61 Å². The van der Waals surface area contributed by atoms with Gasteiger partial charge >= 0.3 is 0 Å². The first-order chi connectivity index (χ1) is 7.21. The van der Waals surface area contributed by atoms with Gasteiger partial charge < -0.3 is 10.5 Å². The van der Waals surface area contributed by atoms with E-state index in [1.165, 1.54) is 23.1 Å². The Balaban J connectivity index is 2.17. The number of rotatable bonds is 1. The highest BCUT2D eigenvalue weighted by Crippen LogP contribution is 2.45. The Labute approximate surface area is 90.4 Å². The number of aryl methyl sites for hydroxylation is 1. The third kappa shape index (κ3) is 1.21. The van der Waals surface area contributed by atoms with Gasteiger partial charge in [0.1, 0.15) is 5.75 Å². The highest BCUT2D eigenvalue weighted by molar-refractivity contribution is 5.50. The lowest BCUT2D eigenvalue weighted by molar-refractivity contribution is 0.251. The van der Waals surface area contributed by atoms with E-state index in [-0.39, 0.29) is 5.54 Å². The molecule has 1 aromatic rings. The van der Waals surface area contributed by atoms with Gasteiger partial charge in [-0.25, -0.2) is 0 Å². The molecule has 1 saturated carbocycles. The fourth-order valence-corrected chi connectivity index (χ4v) is 2.89. The molecule has 2 N–H and O–H groups in total. The quantitative estimate of drug-likeness (QED) is 0.760. The number of hydrogen-bond acceptors (Lipinski definition) is 2. The second-order valence-electron chi connectivity index (χ2n) is 4.84. The second-order valence-corrected chi connectivity index (χ2v) is 4.84. The first kappa shape index (κ1) is 9.22. The van der Waals surface area contributed by atoms with Crippen LogP contribution in [-0.2, 0) is 12.0 Å². The van der Waals surface area contributed by atoms with Crippen molar-refractivity contribution in [1.82, 2.24) is 0 Å². The maximum Gasteiger partial charge on any atom is 0.122 e. The van der Waals surface area contributed by atoms with Crippen molar-refractivity contribution in [2.24, 2.45) is 5.73 Å². The van der Waals surface area contributed by atoms with E-state index in [9.17, 15) is 0 Å². The molecule has 1 aliphatic carbocycles. The molecule has 1 heterocycles. The van der Waals surface area contributed by atoms with Crippen molar-refractivity contribution in [2.75, 3.05) is 6.61 Å². The van der Waals surface area contributed by atoms with Crippen LogP contribution in [0.3, 0.4) is 0 Å². The summed E-state index contributed by atoms with van der Waals surface area (Å²) in [6.45, 7) is 2.99. The molecule has 2 aliphatic rings. The molecule has 0 radical (unpaired) electrons. The molecule has 0 aromatic heterocycles. The number of nitrogens with two attached hydrogens (primary N) is 1. The van der Waals surface area contributed by atoms with Gasteiger partial charge in [0.15, 0.2) is 0 Å². The molecule has 15 heavy (non-hydrogen) atoms. The number of fused-ring (bicyclic) bond motifs is 1. The monoisotopic (exact) mass is 203 g/mol. The molecule has 1 aromatic carbocycles. The van der Waals surface area contributed by atoms with Crippen molar-refractivity contribution in [3.05, 3.63) is 28.8 Å². The summed E-state index contributed by atoms with van der Waals surface area (Å²) in [5.41, 5.74) is 10.5. The molecule has 1 aliphatic heterocycles. The molecule has 0 atom stereocenters.